The second-order valence-corrected chi connectivity index (χ2v) is 5.47. The van der Waals surface area contributed by atoms with Crippen molar-refractivity contribution >= 4 is 0 Å². The fourth-order valence-electron chi connectivity index (χ4n) is 2.71. The molecule has 1 aliphatic heterocycles. The van der Waals surface area contributed by atoms with Crippen molar-refractivity contribution in [3.05, 3.63) is 29.8 Å². The van der Waals surface area contributed by atoms with Crippen molar-refractivity contribution in [2.45, 2.75) is 32.8 Å². The lowest BCUT2D eigenvalue weighted by Crippen LogP contribution is -2.52. The van der Waals surface area contributed by atoms with E-state index in [-0.39, 0.29) is 11.3 Å². The lowest BCUT2D eigenvalue weighted by Gasteiger charge is -2.42. The van der Waals surface area contributed by atoms with Crippen molar-refractivity contribution in [2.24, 2.45) is 17.1 Å². The van der Waals surface area contributed by atoms with E-state index in [1.807, 2.05) is 18.2 Å². The van der Waals surface area contributed by atoms with E-state index in [1.54, 1.807) is 0 Å². The van der Waals surface area contributed by atoms with E-state index in [4.69, 9.17) is 10.5 Å². The van der Waals surface area contributed by atoms with Crippen LogP contribution < -0.4 is 10.5 Å². The van der Waals surface area contributed by atoms with Gasteiger partial charge in [-0.2, -0.15) is 0 Å². The van der Waals surface area contributed by atoms with Crippen LogP contribution in [0, 0.1) is 11.3 Å². The normalized spacial score (nSPS) is 26.0. The number of aliphatic hydroxyl groups is 1. The van der Waals surface area contributed by atoms with Crippen LogP contribution in [0.3, 0.4) is 0 Å². The van der Waals surface area contributed by atoms with Crippen LogP contribution in [-0.4, -0.2) is 24.4 Å². The predicted octanol–water partition coefficient (Wildman–Crippen LogP) is 1.97. The Morgan fingerprint density at radius 3 is 2.83 bits per heavy atom. The summed E-state index contributed by atoms with van der Waals surface area (Å²) in [4.78, 5) is 0. The summed E-state index contributed by atoms with van der Waals surface area (Å²) in [5.41, 5.74) is 6.75. The second-order valence-electron chi connectivity index (χ2n) is 5.47. The van der Waals surface area contributed by atoms with Crippen LogP contribution in [0.4, 0.5) is 0 Å². The van der Waals surface area contributed by atoms with Gasteiger partial charge in [0.25, 0.3) is 0 Å². The first kappa shape index (κ1) is 13.4. The molecule has 0 aromatic heterocycles. The standard InChI is InChI=1S/C15H23NO2/c1-3-11(2)14(17)15(9-16)8-12-6-4-5-7-13(12)18-10-15/h4-7,11,14,17H,3,8-10,16H2,1-2H3. The summed E-state index contributed by atoms with van der Waals surface area (Å²) in [7, 11) is 0. The zero-order valence-corrected chi connectivity index (χ0v) is 11.2. The smallest absolute Gasteiger partial charge is 0.122 e. The van der Waals surface area contributed by atoms with Gasteiger partial charge in [0.15, 0.2) is 0 Å². The molecule has 1 aliphatic rings. The van der Waals surface area contributed by atoms with E-state index in [0.717, 1.165) is 24.2 Å². The van der Waals surface area contributed by atoms with Crippen LogP contribution in [0.15, 0.2) is 24.3 Å². The molecule has 1 heterocycles. The number of benzene rings is 1. The van der Waals surface area contributed by atoms with Crippen LogP contribution in [-0.2, 0) is 6.42 Å². The maximum atomic E-state index is 10.6. The third-order valence-corrected chi connectivity index (χ3v) is 4.25. The summed E-state index contributed by atoms with van der Waals surface area (Å²) in [6, 6.07) is 8.01. The van der Waals surface area contributed by atoms with Gasteiger partial charge in [-0.05, 0) is 24.0 Å². The van der Waals surface area contributed by atoms with E-state index < -0.39 is 6.10 Å². The van der Waals surface area contributed by atoms with Crippen molar-refractivity contribution in [3.63, 3.8) is 0 Å². The largest absolute Gasteiger partial charge is 0.493 e. The molecule has 0 bridgehead atoms. The Bertz CT molecular complexity index is 407. The van der Waals surface area contributed by atoms with Crippen LogP contribution in [0.5, 0.6) is 5.75 Å². The Morgan fingerprint density at radius 1 is 1.44 bits per heavy atom. The monoisotopic (exact) mass is 249 g/mol. The zero-order chi connectivity index (χ0) is 13.2. The third kappa shape index (κ3) is 2.25. The minimum Gasteiger partial charge on any atom is -0.493 e. The fraction of sp³-hybridized carbons (Fsp3) is 0.600. The molecule has 3 atom stereocenters. The van der Waals surface area contributed by atoms with E-state index in [9.17, 15) is 5.11 Å². The summed E-state index contributed by atoms with van der Waals surface area (Å²) in [6.07, 6.45) is 1.33. The number of para-hydroxylation sites is 1. The number of rotatable bonds is 4. The molecule has 3 heteroatoms. The number of hydrogen-bond acceptors (Lipinski definition) is 3. The maximum Gasteiger partial charge on any atom is 0.122 e. The Kier molecular flexibility index (Phi) is 3.93. The molecule has 1 aromatic carbocycles. The molecule has 0 amide bonds. The molecular formula is C15H23NO2. The molecule has 100 valence electrons. The van der Waals surface area contributed by atoms with Crippen molar-refractivity contribution in [1.82, 2.24) is 0 Å². The van der Waals surface area contributed by atoms with E-state index >= 15 is 0 Å². The van der Waals surface area contributed by atoms with Crippen molar-refractivity contribution in [1.29, 1.82) is 0 Å². The van der Waals surface area contributed by atoms with Gasteiger partial charge < -0.3 is 15.6 Å². The first-order chi connectivity index (χ1) is 8.63. The molecule has 1 aromatic rings. The van der Waals surface area contributed by atoms with Gasteiger partial charge in [-0.3, -0.25) is 0 Å². The molecule has 0 fully saturated rings. The SMILES string of the molecule is CCC(C)C(O)C1(CN)COc2ccccc2C1. The highest BCUT2D eigenvalue weighted by Crippen LogP contribution is 2.38. The average molecular weight is 249 g/mol. The highest BCUT2D eigenvalue weighted by atomic mass is 16.5. The molecule has 0 saturated carbocycles. The second kappa shape index (κ2) is 5.29. The molecule has 0 spiro atoms. The zero-order valence-electron chi connectivity index (χ0n) is 11.2. The Balaban J connectivity index is 2.26. The van der Waals surface area contributed by atoms with Gasteiger partial charge in [-0.1, -0.05) is 38.5 Å². The predicted molar refractivity (Wildman–Crippen MR) is 72.6 cm³/mol. The maximum absolute atomic E-state index is 10.6. The Morgan fingerprint density at radius 2 is 2.17 bits per heavy atom. The van der Waals surface area contributed by atoms with Crippen LogP contribution in [0.1, 0.15) is 25.8 Å². The number of nitrogens with two attached hydrogens (primary N) is 1. The average Bonchev–Trinajstić information content (AvgIpc) is 2.45. The van der Waals surface area contributed by atoms with Gasteiger partial charge in [0.1, 0.15) is 5.75 Å². The molecule has 3 unspecified atom stereocenters. The Labute approximate surface area is 109 Å². The van der Waals surface area contributed by atoms with Crippen LogP contribution in [0.25, 0.3) is 0 Å². The fourth-order valence-corrected chi connectivity index (χ4v) is 2.71. The lowest BCUT2D eigenvalue weighted by atomic mass is 9.71. The third-order valence-electron chi connectivity index (χ3n) is 4.25. The van der Waals surface area contributed by atoms with Crippen LogP contribution in [0.2, 0.25) is 0 Å². The van der Waals surface area contributed by atoms with Gasteiger partial charge in [0.2, 0.25) is 0 Å². The summed E-state index contributed by atoms with van der Waals surface area (Å²) >= 11 is 0. The van der Waals surface area contributed by atoms with E-state index in [2.05, 4.69) is 19.9 Å². The van der Waals surface area contributed by atoms with E-state index in [1.165, 1.54) is 0 Å². The number of fused-ring (bicyclic) bond motifs is 1. The minimum atomic E-state index is -0.416. The van der Waals surface area contributed by atoms with Gasteiger partial charge in [0.05, 0.1) is 12.7 Å². The minimum absolute atomic E-state index is 0.238. The molecule has 0 radical (unpaired) electrons. The summed E-state index contributed by atoms with van der Waals surface area (Å²) in [5.74, 6) is 1.17. The van der Waals surface area contributed by atoms with E-state index in [0.29, 0.717) is 13.2 Å². The summed E-state index contributed by atoms with van der Waals surface area (Å²) < 4.78 is 5.81. The highest BCUT2D eigenvalue weighted by Gasteiger charge is 2.42. The molecule has 0 aliphatic carbocycles. The molecule has 18 heavy (non-hydrogen) atoms. The molecular weight excluding hydrogens is 226 g/mol. The van der Waals surface area contributed by atoms with Gasteiger partial charge in [-0.25, -0.2) is 0 Å². The lowest BCUT2D eigenvalue weighted by molar-refractivity contribution is -0.0450. The topological polar surface area (TPSA) is 55.5 Å². The van der Waals surface area contributed by atoms with Gasteiger partial charge >= 0.3 is 0 Å². The summed E-state index contributed by atoms with van der Waals surface area (Å²) in [6.45, 7) is 5.12. The first-order valence-corrected chi connectivity index (χ1v) is 6.72. The van der Waals surface area contributed by atoms with Gasteiger partial charge in [-0.15, -0.1) is 0 Å². The number of ether oxygens (including phenoxy) is 1. The van der Waals surface area contributed by atoms with Crippen molar-refractivity contribution in [2.75, 3.05) is 13.2 Å². The summed E-state index contributed by atoms with van der Waals surface area (Å²) in [5, 5.41) is 10.6. The molecule has 2 rings (SSSR count). The quantitative estimate of drug-likeness (QED) is 0.858. The molecule has 0 saturated heterocycles. The molecule has 3 N–H and O–H groups in total. The highest BCUT2D eigenvalue weighted by molar-refractivity contribution is 5.36. The van der Waals surface area contributed by atoms with Crippen molar-refractivity contribution in [3.8, 4) is 5.75 Å². The Hall–Kier alpha value is -1.06. The van der Waals surface area contributed by atoms with Crippen LogP contribution >= 0.6 is 0 Å². The number of aliphatic hydroxyl groups excluding tert-OH is 1. The van der Waals surface area contributed by atoms with Crippen molar-refractivity contribution < 1.29 is 9.84 Å². The van der Waals surface area contributed by atoms with Gasteiger partial charge in [0, 0.05) is 12.0 Å². The number of hydrogen-bond donors (Lipinski definition) is 2. The first-order valence-electron chi connectivity index (χ1n) is 6.72. The molecule has 3 nitrogen and oxygen atoms in total.